The van der Waals surface area contributed by atoms with E-state index < -0.39 is 5.97 Å². The molecule has 0 radical (unpaired) electrons. The number of carboxylic acid groups (broad SMARTS) is 1. The highest BCUT2D eigenvalue weighted by atomic mass is 16.5. The average molecular weight is 308 g/mol. The monoisotopic (exact) mass is 308 g/mol. The topological polar surface area (TPSA) is 82.9 Å². The van der Waals surface area contributed by atoms with Gasteiger partial charge in [0.05, 0.1) is 27.2 Å². The molecule has 0 aliphatic rings. The third kappa shape index (κ3) is 8.26. The number of carbonyl (C=O) groups excluding carboxylic acids is 2. The lowest BCUT2D eigenvalue weighted by Crippen LogP contribution is -3.05. The third-order valence-electron chi connectivity index (χ3n) is 3.03. The third-order valence-corrected chi connectivity index (χ3v) is 3.03. The summed E-state index contributed by atoms with van der Waals surface area (Å²) in [5, 5.41) is 13.0. The molecule has 0 saturated heterocycles. The molecule has 0 heterocycles. The van der Waals surface area contributed by atoms with Gasteiger partial charge in [-0.05, 0) is 24.1 Å². The molecule has 6 nitrogen and oxygen atoms in total. The van der Waals surface area contributed by atoms with Crippen LogP contribution in [0.5, 0.6) is 5.75 Å². The van der Waals surface area contributed by atoms with Crippen LogP contribution >= 0.6 is 0 Å². The number of rotatable bonds is 10. The minimum absolute atomic E-state index is 0.0641. The molecule has 1 aromatic rings. The van der Waals surface area contributed by atoms with Crippen molar-refractivity contribution in [2.24, 2.45) is 0 Å². The number of amides is 1. The van der Waals surface area contributed by atoms with Crippen LogP contribution in [0.3, 0.4) is 0 Å². The zero-order chi connectivity index (χ0) is 16.4. The molecule has 2 N–H and O–H groups in total. The maximum Gasteiger partial charge on any atom is 0.220 e. The molecule has 22 heavy (non-hydrogen) atoms. The number of carboxylic acids is 1. The van der Waals surface area contributed by atoms with Crippen molar-refractivity contribution in [3.63, 3.8) is 0 Å². The number of quaternary nitrogens is 1. The van der Waals surface area contributed by atoms with Gasteiger partial charge in [-0.3, -0.25) is 4.79 Å². The number of ether oxygens (including phenoxy) is 1. The lowest BCUT2D eigenvalue weighted by molar-refractivity contribution is -0.858. The quantitative estimate of drug-likeness (QED) is 0.529. The molecule has 0 saturated carbocycles. The van der Waals surface area contributed by atoms with Crippen LogP contribution in [0.2, 0.25) is 0 Å². The van der Waals surface area contributed by atoms with Crippen LogP contribution in [0.4, 0.5) is 0 Å². The normalized spacial score (nSPS) is 10.5. The lowest BCUT2D eigenvalue weighted by Gasteiger charge is -2.10. The van der Waals surface area contributed by atoms with Gasteiger partial charge in [-0.1, -0.05) is 12.1 Å². The van der Waals surface area contributed by atoms with Crippen LogP contribution in [0.25, 0.3) is 0 Å². The van der Waals surface area contributed by atoms with E-state index in [0.717, 1.165) is 24.3 Å². The first-order valence-corrected chi connectivity index (χ1v) is 7.44. The molecule has 6 heteroatoms. The van der Waals surface area contributed by atoms with Gasteiger partial charge < -0.3 is 24.9 Å². The number of nitrogens with one attached hydrogen (secondary N) is 2. The Morgan fingerprint density at radius 2 is 2.05 bits per heavy atom. The standard InChI is InChI=1S/C16H24N2O4/c1-18(2)9-4-10-22-14-6-3-5-13(11-14)12-17-15(19)7-8-16(20)21/h3,5-6,11H,4,7-10,12H2,1-2H3,(H,17,19)(H,20,21). The molecule has 122 valence electrons. The molecule has 0 bridgehead atoms. The minimum atomic E-state index is -1.22. The zero-order valence-electron chi connectivity index (χ0n) is 13.2. The average Bonchev–Trinajstić information content (AvgIpc) is 2.47. The van der Waals surface area contributed by atoms with E-state index in [1.807, 2.05) is 24.3 Å². The van der Waals surface area contributed by atoms with Crippen molar-refractivity contribution in [1.29, 1.82) is 0 Å². The van der Waals surface area contributed by atoms with E-state index in [4.69, 9.17) is 4.74 Å². The second-order valence-electron chi connectivity index (χ2n) is 5.46. The molecule has 0 atom stereocenters. The Labute approximate surface area is 131 Å². The molecule has 1 amide bonds. The Balaban J connectivity index is 2.34. The van der Waals surface area contributed by atoms with Crippen molar-refractivity contribution in [2.75, 3.05) is 27.2 Å². The summed E-state index contributed by atoms with van der Waals surface area (Å²) in [5.74, 6) is -0.746. The SMILES string of the molecule is C[NH+](C)CCCOc1cccc(CNC(=O)CCC(=O)[O-])c1. The summed E-state index contributed by atoms with van der Waals surface area (Å²) in [4.78, 5) is 23.1. The summed E-state index contributed by atoms with van der Waals surface area (Å²) in [5.41, 5.74) is 0.914. The Morgan fingerprint density at radius 3 is 2.73 bits per heavy atom. The lowest BCUT2D eigenvalue weighted by atomic mass is 10.2. The first kappa shape index (κ1) is 18.0. The van der Waals surface area contributed by atoms with E-state index in [9.17, 15) is 14.7 Å². The highest BCUT2D eigenvalue weighted by molar-refractivity contribution is 5.79. The summed E-state index contributed by atoms with van der Waals surface area (Å²) in [6.07, 6.45) is 0.654. The van der Waals surface area contributed by atoms with Crippen LogP contribution < -0.4 is 20.1 Å². The van der Waals surface area contributed by atoms with Crippen LogP contribution in [0.1, 0.15) is 24.8 Å². The highest BCUT2D eigenvalue weighted by Gasteiger charge is 2.03. The summed E-state index contributed by atoms with van der Waals surface area (Å²) < 4.78 is 5.67. The number of carbonyl (C=O) groups is 2. The summed E-state index contributed by atoms with van der Waals surface area (Å²) >= 11 is 0. The maximum absolute atomic E-state index is 11.4. The molecule has 0 unspecified atom stereocenters. The molecule has 0 spiro atoms. The fourth-order valence-electron chi connectivity index (χ4n) is 1.87. The predicted octanol–water partition coefficient (Wildman–Crippen LogP) is -1.25. The second-order valence-corrected chi connectivity index (χ2v) is 5.46. The molecule has 0 fully saturated rings. The van der Waals surface area contributed by atoms with E-state index in [1.165, 1.54) is 4.90 Å². The van der Waals surface area contributed by atoms with Gasteiger partial charge in [0.2, 0.25) is 5.91 Å². The highest BCUT2D eigenvalue weighted by Crippen LogP contribution is 2.13. The number of hydrogen-bond acceptors (Lipinski definition) is 4. The first-order valence-electron chi connectivity index (χ1n) is 7.44. The molecule has 1 aromatic carbocycles. The van der Waals surface area contributed by atoms with Crippen molar-refractivity contribution in [1.82, 2.24) is 5.32 Å². The van der Waals surface area contributed by atoms with E-state index in [2.05, 4.69) is 19.4 Å². The maximum atomic E-state index is 11.4. The van der Waals surface area contributed by atoms with Crippen LogP contribution in [0, 0.1) is 0 Å². The van der Waals surface area contributed by atoms with Crippen molar-refractivity contribution >= 4 is 11.9 Å². The Bertz CT molecular complexity index is 489. The number of hydrogen-bond donors (Lipinski definition) is 2. The second kappa shape index (κ2) is 9.78. The van der Waals surface area contributed by atoms with Crippen molar-refractivity contribution < 1.29 is 24.3 Å². The largest absolute Gasteiger partial charge is 0.550 e. The molecule has 0 aliphatic heterocycles. The van der Waals surface area contributed by atoms with Crippen LogP contribution in [-0.2, 0) is 16.1 Å². The van der Waals surface area contributed by atoms with Gasteiger partial charge in [-0.2, -0.15) is 0 Å². The van der Waals surface area contributed by atoms with Gasteiger partial charge >= 0.3 is 0 Å². The van der Waals surface area contributed by atoms with Gasteiger partial charge in [0.1, 0.15) is 5.75 Å². The number of benzene rings is 1. The van der Waals surface area contributed by atoms with Crippen molar-refractivity contribution in [3.05, 3.63) is 29.8 Å². The van der Waals surface area contributed by atoms with E-state index in [0.29, 0.717) is 13.2 Å². The molecule has 1 rings (SSSR count). The first-order chi connectivity index (χ1) is 10.5. The molecular formula is C16H24N2O4. The van der Waals surface area contributed by atoms with Gasteiger partial charge in [0, 0.05) is 25.4 Å². The van der Waals surface area contributed by atoms with Gasteiger partial charge in [0.25, 0.3) is 0 Å². The summed E-state index contributed by atoms with van der Waals surface area (Å²) in [6.45, 7) is 2.06. The van der Waals surface area contributed by atoms with Crippen LogP contribution in [0.15, 0.2) is 24.3 Å². The van der Waals surface area contributed by atoms with Gasteiger partial charge in [-0.15, -0.1) is 0 Å². The molecule has 0 aromatic heterocycles. The van der Waals surface area contributed by atoms with Crippen LogP contribution in [-0.4, -0.2) is 39.1 Å². The zero-order valence-corrected chi connectivity index (χ0v) is 13.2. The summed E-state index contributed by atoms with van der Waals surface area (Å²) in [6, 6.07) is 7.51. The van der Waals surface area contributed by atoms with E-state index in [-0.39, 0.29) is 18.7 Å². The van der Waals surface area contributed by atoms with Crippen molar-refractivity contribution in [3.8, 4) is 5.75 Å². The smallest absolute Gasteiger partial charge is 0.220 e. The Kier molecular flexibility index (Phi) is 7.99. The van der Waals surface area contributed by atoms with E-state index in [1.54, 1.807) is 0 Å². The predicted molar refractivity (Wildman–Crippen MR) is 80.3 cm³/mol. The summed E-state index contributed by atoms with van der Waals surface area (Å²) in [7, 11) is 4.20. The fourth-order valence-corrected chi connectivity index (χ4v) is 1.87. The molecular weight excluding hydrogens is 284 g/mol. The minimum Gasteiger partial charge on any atom is -0.550 e. The Morgan fingerprint density at radius 1 is 1.27 bits per heavy atom. The number of aliphatic carboxylic acids is 1. The fraction of sp³-hybridized carbons (Fsp3) is 0.500. The van der Waals surface area contributed by atoms with E-state index >= 15 is 0 Å². The van der Waals surface area contributed by atoms with Gasteiger partial charge in [-0.25, -0.2) is 0 Å². The molecule has 0 aliphatic carbocycles. The Hall–Kier alpha value is -2.08. The van der Waals surface area contributed by atoms with Gasteiger partial charge in [0.15, 0.2) is 0 Å². The van der Waals surface area contributed by atoms with Crippen molar-refractivity contribution in [2.45, 2.75) is 25.8 Å².